The highest BCUT2D eigenvalue weighted by Crippen LogP contribution is 2.15. The van der Waals surface area contributed by atoms with E-state index in [-0.39, 0.29) is 17.0 Å². The summed E-state index contributed by atoms with van der Waals surface area (Å²) >= 11 is 0. The van der Waals surface area contributed by atoms with Gasteiger partial charge < -0.3 is 19.9 Å². The number of nitrogens with one attached hydrogen (secondary N) is 2. The first-order valence-corrected chi connectivity index (χ1v) is 8.97. The molecule has 2 N–H and O–H groups in total. The topological polar surface area (TPSA) is 89.4 Å². The summed E-state index contributed by atoms with van der Waals surface area (Å²) in [4.78, 5) is 36.4. The Hall–Kier alpha value is -3.87. The zero-order valence-corrected chi connectivity index (χ0v) is 16.1. The lowest BCUT2D eigenvalue weighted by molar-refractivity contribution is -0.114. The van der Waals surface area contributed by atoms with Crippen LogP contribution in [0, 0.1) is 0 Å². The first kappa shape index (κ1) is 19.9. The van der Waals surface area contributed by atoms with E-state index in [0.29, 0.717) is 23.7 Å². The van der Waals surface area contributed by atoms with Gasteiger partial charge in [0.2, 0.25) is 5.91 Å². The predicted molar refractivity (Wildman–Crippen MR) is 111 cm³/mol. The smallest absolute Gasteiger partial charge is 0.263 e. The third-order valence-corrected chi connectivity index (χ3v) is 4.22. The second-order valence-electron chi connectivity index (χ2n) is 6.42. The van der Waals surface area contributed by atoms with Crippen LogP contribution in [-0.2, 0) is 11.3 Å². The minimum atomic E-state index is -0.498. The van der Waals surface area contributed by atoms with E-state index < -0.39 is 5.91 Å². The maximum absolute atomic E-state index is 12.8. The highest BCUT2D eigenvalue weighted by Gasteiger charge is 2.13. The van der Waals surface area contributed by atoms with Gasteiger partial charge in [-0.2, -0.15) is 0 Å². The Morgan fingerprint density at radius 2 is 1.66 bits per heavy atom. The van der Waals surface area contributed by atoms with Crippen molar-refractivity contribution in [2.24, 2.45) is 0 Å². The summed E-state index contributed by atoms with van der Waals surface area (Å²) in [6.07, 6.45) is 1.64. The van der Waals surface area contributed by atoms with Crippen LogP contribution in [0.3, 0.4) is 0 Å². The Labute approximate surface area is 167 Å². The van der Waals surface area contributed by atoms with Crippen LogP contribution < -0.4 is 20.9 Å². The van der Waals surface area contributed by atoms with Gasteiger partial charge in [0.15, 0.2) is 0 Å². The van der Waals surface area contributed by atoms with E-state index >= 15 is 0 Å². The van der Waals surface area contributed by atoms with Gasteiger partial charge >= 0.3 is 0 Å². The van der Waals surface area contributed by atoms with Gasteiger partial charge in [0, 0.05) is 24.5 Å². The molecule has 0 spiro atoms. The zero-order valence-electron chi connectivity index (χ0n) is 16.1. The first-order valence-electron chi connectivity index (χ1n) is 8.97. The number of pyridine rings is 1. The molecule has 0 radical (unpaired) electrons. The van der Waals surface area contributed by atoms with Crippen molar-refractivity contribution in [2.45, 2.75) is 13.5 Å². The number of ether oxygens (including phenoxy) is 1. The first-order chi connectivity index (χ1) is 14.0. The standard InChI is InChI=1S/C22H21N3O4/c1-15(26)23-17-8-10-18(11-9-17)24-21(27)20-7-4-12-25(22(20)28)14-16-5-3-6-19(13-16)29-2/h3-13H,14H2,1-2H3,(H,23,26)(H,24,27). The molecular formula is C22H21N3O4. The summed E-state index contributed by atoms with van der Waals surface area (Å²) < 4.78 is 6.68. The SMILES string of the molecule is COc1cccc(Cn2cccc(C(=O)Nc3ccc(NC(C)=O)cc3)c2=O)c1. The van der Waals surface area contributed by atoms with Crippen LogP contribution in [0.15, 0.2) is 71.7 Å². The summed E-state index contributed by atoms with van der Waals surface area (Å²) in [6, 6.07) is 17.2. The highest BCUT2D eigenvalue weighted by molar-refractivity contribution is 6.04. The van der Waals surface area contributed by atoms with Crippen LogP contribution in [0.4, 0.5) is 11.4 Å². The molecule has 0 atom stereocenters. The van der Waals surface area contributed by atoms with E-state index in [1.165, 1.54) is 17.6 Å². The maximum Gasteiger partial charge on any atom is 0.263 e. The lowest BCUT2D eigenvalue weighted by Gasteiger charge is -2.10. The van der Waals surface area contributed by atoms with Crippen LogP contribution in [0.25, 0.3) is 0 Å². The summed E-state index contributed by atoms with van der Waals surface area (Å²) in [6.45, 7) is 1.74. The average molecular weight is 391 g/mol. The number of amides is 2. The molecule has 0 aliphatic rings. The van der Waals surface area contributed by atoms with Crippen molar-refractivity contribution in [3.63, 3.8) is 0 Å². The van der Waals surface area contributed by atoms with Gasteiger partial charge in [-0.25, -0.2) is 0 Å². The van der Waals surface area contributed by atoms with Gasteiger partial charge in [-0.3, -0.25) is 14.4 Å². The lowest BCUT2D eigenvalue weighted by atomic mass is 10.2. The molecule has 29 heavy (non-hydrogen) atoms. The van der Waals surface area contributed by atoms with Crippen molar-refractivity contribution in [1.29, 1.82) is 0 Å². The Kier molecular flexibility index (Phi) is 6.09. The van der Waals surface area contributed by atoms with E-state index in [1.54, 1.807) is 43.6 Å². The quantitative estimate of drug-likeness (QED) is 0.676. The molecule has 0 unspecified atom stereocenters. The normalized spacial score (nSPS) is 10.3. The van der Waals surface area contributed by atoms with Crippen LogP contribution in [-0.4, -0.2) is 23.5 Å². The minimum Gasteiger partial charge on any atom is -0.497 e. The zero-order chi connectivity index (χ0) is 20.8. The number of hydrogen-bond donors (Lipinski definition) is 2. The number of benzene rings is 2. The summed E-state index contributed by atoms with van der Waals surface area (Å²) in [5.74, 6) is 0.0251. The van der Waals surface area contributed by atoms with Gasteiger partial charge in [-0.1, -0.05) is 12.1 Å². The van der Waals surface area contributed by atoms with E-state index in [1.807, 2.05) is 24.3 Å². The molecule has 0 saturated heterocycles. The highest BCUT2D eigenvalue weighted by atomic mass is 16.5. The number of aromatic nitrogens is 1. The Bertz CT molecular complexity index is 1090. The molecule has 0 aliphatic carbocycles. The van der Waals surface area contributed by atoms with Crippen LogP contribution >= 0.6 is 0 Å². The van der Waals surface area contributed by atoms with E-state index in [0.717, 1.165) is 5.56 Å². The molecule has 7 heteroatoms. The number of carbonyl (C=O) groups is 2. The van der Waals surface area contributed by atoms with Crippen molar-refractivity contribution in [3.05, 3.63) is 88.3 Å². The molecule has 1 aromatic heterocycles. The third kappa shape index (κ3) is 5.10. The molecule has 2 amide bonds. The molecule has 148 valence electrons. The monoisotopic (exact) mass is 391 g/mol. The molecule has 3 aromatic rings. The molecule has 0 aliphatic heterocycles. The number of methoxy groups -OCH3 is 1. The van der Waals surface area contributed by atoms with Gasteiger partial charge in [0.05, 0.1) is 13.7 Å². The largest absolute Gasteiger partial charge is 0.497 e. The molecule has 0 fully saturated rings. The number of hydrogen-bond acceptors (Lipinski definition) is 4. The molecule has 0 bridgehead atoms. The average Bonchev–Trinajstić information content (AvgIpc) is 2.71. The lowest BCUT2D eigenvalue weighted by Crippen LogP contribution is -2.29. The molecule has 2 aromatic carbocycles. The summed E-state index contributed by atoms with van der Waals surface area (Å²) in [7, 11) is 1.58. The maximum atomic E-state index is 12.8. The van der Waals surface area contributed by atoms with E-state index in [9.17, 15) is 14.4 Å². The van der Waals surface area contributed by atoms with Crippen molar-refractivity contribution in [3.8, 4) is 5.75 Å². The molecule has 0 saturated carbocycles. The van der Waals surface area contributed by atoms with Crippen LogP contribution in [0.2, 0.25) is 0 Å². The van der Waals surface area contributed by atoms with Crippen molar-refractivity contribution in [1.82, 2.24) is 4.57 Å². The second-order valence-corrected chi connectivity index (χ2v) is 6.42. The van der Waals surface area contributed by atoms with Crippen LogP contribution in [0.1, 0.15) is 22.8 Å². The van der Waals surface area contributed by atoms with Crippen molar-refractivity contribution in [2.75, 3.05) is 17.7 Å². The Morgan fingerprint density at radius 1 is 0.966 bits per heavy atom. The molecular weight excluding hydrogens is 370 g/mol. The Balaban J connectivity index is 1.76. The molecule has 7 nitrogen and oxygen atoms in total. The van der Waals surface area contributed by atoms with Gasteiger partial charge in [0.1, 0.15) is 11.3 Å². The van der Waals surface area contributed by atoms with Gasteiger partial charge in [-0.15, -0.1) is 0 Å². The fraction of sp³-hybridized carbons (Fsp3) is 0.136. The fourth-order valence-electron chi connectivity index (χ4n) is 2.84. The van der Waals surface area contributed by atoms with Gasteiger partial charge in [0.25, 0.3) is 11.5 Å². The summed E-state index contributed by atoms with van der Waals surface area (Å²) in [5, 5.41) is 5.35. The second kappa shape index (κ2) is 8.88. The van der Waals surface area contributed by atoms with E-state index in [4.69, 9.17) is 4.74 Å². The molecule has 1 heterocycles. The number of nitrogens with zero attached hydrogens (tertiary/aromatic N) is 1. The number of carbonyl (C=O) groups excluding carboxylic acids is 2. The Morgan fingerprint density at radius 3 is 2.31 bits per heavy atom. The minimum absolute atomic E-state index is 0.0429. The molecule has 3 rings (SSSR count). The fourth-order valence-corrected chi connectivity index (χ4v) is 2.84. The van der Waals surface area contributed by atoms with Crippen molar-refractivity contribution < 1.29 is 14.3 Å². The van der Waals surface area contributed by atoms with E-state index in [2.05, 4.69) is 10.6 Å². The van der Waals surface area contributed by atoms with Gasteiger partial charge in [-0.05, 0) is 54.1 Å². The third-order valence-electron chi connectivity index (χ3n) is 4.22. The predicted octanol–water partition coefficient (Wildman–Crippen LogP) is 3.12. The number of rotatable bonds is 6. The summed E-state index contributed by atoms with van der Waals surface area (Å²) in [5.41, 5.74) is 1.68. The number of anilines is 2. The van der Waals surface area contributed by atoms with Crippen LogP contribution in [0.5, 0.6) is 5.75 Å². The van der Waals surface area contributed by atoms with Crippen molar-refractivity contribution >= 4 is 23.2 Å².